The minimum atomic E-state index is -0.480. The summed E-state index contributed by atoms with van der Waals surface area (Å²) in [5.74, 6) is 1.05. The van der Waals surface area contributed by atoms with Crippen LogP contribution < -0.4 is 10.1 Å². The number of benzene rings is 1. The normalized spacial score (nSPS) is 11.9. The van der Waals surface area contributed by atoms with E-state index in [1.54, 1.807) is 13.3 Å². The van der Waals surface area contributed by atoms with Gasteiger partial charge < -0.3 is 19.6 Å². The van der Waals surface area contributed by atoms with Gasteiger partial charge in [0.1, 0.15) is 23.3 Å². The van der Waals surface area contributed by atoms with Gasteiger partial charge in [-0.15, -0.1) is 0 Å². The van der Waals surface area contributed by atoms with Crippen LogP contribution in [0.4, 0.5) is 0 Å². The Hall–Kier alpha value is -3.35. The van der Waals surface area contributed by atoms with E-state index in [-0.39, 0.29) is 11.7 Å². The topological polar surface area (TPSA) is 89.0 Å². The van der Waals surface area contributed by atoms with Gasteiger partial charge in [0.25, 0.3) is 5.91 Å². The number of aromatic amines is 1. The van der Waals surface area contributed by atoms with Crippen molar-refractivity contribution in [2.45, 2.75) is 33.2 Å². The first-order valence-electron chi connectivity index (χ1n) is 9.51. The van der Waals surface area contributed by atoms with Crippen LogP contribution in [-0.4, -0.2) is 33.3 Å². The molecular formula is C22H26N4O3. The van der Waals surface area contributed by atoms with Crippen molar-refractivity contribution in [3.8, 4) is 5.75 Å². The molecule has 0 aliphatic heterocycles. The number of carbonyl (C=O) groups excluding carboxylic acids is 2. The van der Waals surface area contributed by atoms with Crippen LogP contribution in [0.1, 0.15) is 63.4 Å². The molecule has 0 spiro atoms. The summed E-state index contributed by atoms with van der Waals surface area (Å²) < 4.78 is 7.21. The third kappa shape index (κ3) is 3.94. The number of aryl methyl sites for hydroxylation is 2. The van der Waals surface area contributed by atoms with Gasteiger partial charge in [0.05, 0.1) is 7.11 Å². The van der Waals surface area contributed by atoms with Crippen LogP contribution in [-0.2, 0) is 13.5 Å². The van der Waals surface area contributed by atoms with Gasteiger partial charge in [-0.3, -0.25) is 9.59 Å². The van der Waals surface area contributed by atoms with Crippen molar-refractivity contribution in [2.75, 3.05) is 7.11 Å². The average molecular weight is 394 g/mol. The molecule has 0 aliphatic carbocycles. The predicted molar refractivity (Wildman–Crippen MR) is 110 cm³/mol. The lowest BCUT2D eigenvalue weighted by Crippen LogP contribution is -2.32. The zero-order chi connectivity index (χ0) is 21.1. The van der Waals surface area contributed by atoms with Crippen LogP contribution in [0.15, 0.2) is 36.7 Å². The number of aromatic nitrogens is 3. The van der Waals surface area contributed by atoms with Gasteiger partial charge >= 0.3 is 0 Å². The second kappa shape index (κ2) is 8.34. The van der Waals surface area contributed by atoms with Gasteiger partial charge in [0.2, 0.25) is 0 Å². The first kappa shape index (κ1) is 20.4. The molecule has 152 valence electrons. The fraction of sp³-hybridized carbons (Fsp3) is 0.318. The van der Waals surface area contributed by atoms with E-state index >= 15 is 0 Å². The number of rotatable bonds is 7. The van der Waals surface area contributed by atoms with E-state index in [4.69, 9.17) is 4.74 Å². The molecule has 1 amide bonds. The highest BCUT2D eigenvalue weighted by molar-refractivity contribution is 6.02. The Labute approximate surface area is 170 Å². The molecule has 1 unspecified atom stereocenters. The van der Waals surface area contributed by atoms with Crippen LogP contribution in [0.2, 0.25) is 0 Å². The molecule has 0 radical (unpaired) electrons. The van der Waals surface area contributed by atoms with Crippen molar-refractivity contribution in [3.05, 3.63) is 70.6 Å². The second-order valence-corrected chi connectivity index (χ2v) is 6.97. The van der Waals surface area contributed by atoms with E-state index in [1.165, 1.54) is 6.92 Å². The SMILES string of the molecule is CCc1c(C(=O)NC(c2cccc(OC)c2)c2nccn2C)[nH]c(C)c1C(C)=O. The van der Waals surface area contributed by atoms with Crippen LogP contribution in [0.5, 0.6) is 5.75 Å². The van der Waals surface area contributed by atoms with E-state index < -0.39 is 6.04 Å². The van der Waals surface area contributed by atoms with Crippen LogP contribution in [0.25, 0.3) is 0 Å². The van der Waals surface area contributed by atoms with E-state index in [2.05, 4.69) is 15.3 Å². The molecule has 0 bridgehead atoms. The minimum Gasteiger partial charge on any atom is -0.497 e. The van der Waals surface area contributed by atoms with Crippen molar-refractivity contribution in [1.29, 1.82) is 0 Å². The molecule has 2 heterocycles. The monoisotopic (exact) mass is 394 g/mol. The van der Waals surface area contributed by atoms with Crippen LogP contribution in [0.3, 0.4) is 0 Å². The third-order valence-corrected chi connectivity index (χ3v) is 5.04. The lowest BCUT2D eigenvalue weighted by Gasteiger charge is -2.20. The number of ketones is 1. The first-order chi connectivity index (χ1) is 13.9. The van der Waals surface area contributed by atoms with Crippen molar-refractivity contribution >= 4 is 11.7 Å². The molecule has 2 aromatic heterocycles. The Balaban J connectivity index is 2.03. The lowest BCUT2D eigenvalue weighted by atomic mass is 10.0. The molecule has 0 fully saturated rings. The van der Waals surface area contributed by atoms with Crippen molar-refractivity contribution in [3.63, 3.8) is 0 Å². The number of methoxy groups -OCH3 is 1. The Morgan fingerprint density at radius 3 is 2.69 bits per heavy atom. The number of nitrogens with one attached hydrogen (secondary N) is 2. The van der Waals surface area contributed by atoms with Gasteiger partial charge in [0.15, 0.2) is 5.78 Å². The van der Waals surface area contributed by atoms with Gasteiger partial charge in [-0.05, 0) is 43.5 Å². The maximum Gasteiger partial charge on any atom is 0.268 e. The molecular weight excluding hydrogens is 368 g/mol. The Morgan fingerprint density at radius 1 is 1.34 bits per heavy atom. The van der Waals surface area contributed by atoms with Crippen molar-refractivity contribution < 1.29 is 14.3 Å². The molecule has 0 aliphatic rings. The predicted octanol–water partition coefficient (Wildman–Crippen LogP) is 3.35. The highest BCUT2D eigenvalue weighted by Crippen LogP contribution is 2.26. The molecule has 2 N–H and O–H groups in total. The maximum absolute atomic E-state index is 13.2. The smallest absolute Gasteiger partial charge is 0.268 e. The Morgan fingerprint density at radius 2 is 2.10 bits per heavy atom. The maximum atomic E-state index is 13.2. The highest BCUT2D eigenvalue weighted by atomic mass is 16.5. The summed E-state index contributed by atoms with van der Waals surface area (Å²) in [7, 11) is 3.48. The summed E-state index contributed by atoms with van der Waals surface area (Å²) in [6, 6.07) is 7.04. The zero-order valence-corrected chi connectivity index (χ0v) is 17.4. The number of H-pyrrole nitrogens is 1. The molecule has 0 saturated carbocycles. The summed E-state index contributed by atoms with van der Waals surface area (Å²) in [6.07, 6.45) is 4.10. The van der Waals surface area contributed by atoms with Gasteiger partial charge in [-0.1, -0.05) is 19.1 Å². The Kier molecular flexibility index (Phi) is 5.87. The van der Waals surface area contributed by atoms with Crippen molar-refractivity contribution in [1.82, 2.24) is 19.9 Å². The van der Waals surface area contributed by atoms with E-state index in [1.807, 2.05) is 55.9 Å². The Bertz CT molecular complexity index is 1050. The van der Waals surface area contributed by atoms with E-state index in [0.29, 0.717) is 34.9 Å². The summed E-state index contributed by atoms with van der Waals surface area (Å²) in [5, 5.41) is 3.08. The summed E-state index contributed by atoms with van der Waals surface area (Å²) in [4.78, 5) is 32.8. The molecule has 3 rings (SSSR count). The number of imidazole rings is 1. The van der Waals surface area contributed by atoms with Gasteiger partial charge in [0, 0.05) is 30.7 Å². The number of hydrogen-bond acceptors (Lipinski definition) is 4. The van der Waals surface area contributed by atoms with Crippen molar-refractivity contribution in [2.24, 2.45) is 7.05 Å². The number of nitrogens with zero attached hydrogens (tertiary/aromatic N) is 2. The number of carbonyl (C=O) groups is 2. The molecule has 7 nitrogen and oxygen atoms in total. The molecule has 29 heavy (non-hydrogen) atoms. The highest BCUT2D eigenvalue weighted by Gasteiger charge is 2.26. The van der Waals surface area contributed by atoms with Crippen LogP contribution in [0, 0.1) is 6.92 Å². The largest absolute Gasteiger partial charge is 0.497 e. The molecule has 7 heteroatoms. The van der Waals surface area contributed by atoms with E-state index in [9.17, 15) is 9.59 Å². The summed E-state index contributed by atoms with van der Waals surface area (Å²) >= 11 is 0. The second-order valence-electron chi connectivity index (χ2n) is 6.97. The van der Waals surface area contributed by atoms with Gasteiger partial charge in [-0.2, -0.15) is 0 Å². The van der Waals surface area contributed by atoms with E-state index in [0.717, 1.165) is 11.1 Å². The molecule has 0 saturated heterocycles. The number of hydrogen-bond donors (Lipinski definition) is 2. The minimum absolute atomic E-state index is 0.0527. The third-order valence-electron chi connectivity index (χ3n) is 5.04. The summed E-state index contributed by atoms with van der Waals surface area (Å²) in [5.41, 5.74) is 3.29. The fourth-order valence-electron chi connectivity index (χ4n) is 3.68. The van der Waals surface area contributed by atoms with Gasteiger partial charge in [-0.25, -0.2) is 4.98 Å². The quantitative estimate of drug-likeness (QED) is 0.602. The standard InChI is InChI=1S/C22H26N4O3/c1-6-17-18(14(3)27)13(2)24-20(17)22(28)25-19(21-23-10-11-26(21)4)15-8-7-9-16(12-15)29-5/h7-12,19,24H,6H2,1-5H3,(H,25,28). The lowest BCUT2D eigenvalue weighted by molar-refractivity contribution is 0.0935. The number of amides is 1. The molecule has 3 aromatic rings. The number of Topliss-reactive ketones (excluding diaryl/α,β-unsaturated/α-hetero) is 1. The zero-order valence-electron chi connectivity index (χ0n) is 17.4. The van der Waals surface area contributed by atoms with Crippen LogP contribution >= 0.6 is 0 Å². The fourth-order valence-corrected chi connectivity index (χ4v) is 3.68. The first-order valence-corrected chi connectivity index (χ1v) is 9.51. The molecule has 1 aromatic carbocycles. The number of ether oxygens (including phenoxy) is 1. The average Bonchev–Trinajstić information content (AvgIpc) is 3.28. The summed E-state index contributed by atoms with van der Waals surface area (Å²) in [6.45, 7) is 5.26. The molecule has 1 atom stereocenters.